The molecule has 0 N–H and O–H groups in total. The summed E-state index contributed by atoms with van der Waals surface area (Å²) >= 11 is 7.39. The minimum absolute atomic E-state index is 0.0541. The highest BCUT2D eigenvalue weighted by atomic mass is 35.5. The third kappa shape index (κ3) is 3.61. The fourth-order valence-electron chi connectivity index (χ4n) is 1.91. The first kappa shape index (κ1) is 16.2. The van der Waals surface area contributed by atoms with E-state index in [1.54, 1.807) is 12.1 Å². The van der Waals surface area contributed by atoms with Crippen molar-refractivity contribution in [3.8, 4) is 5.75 Å². The van der Waals surface area contributed by atoms with Crippen LogP contribution in [0.5, 0.6) is 5.75 Å². The number of nitro groups is 1. The molecule has 0 atom stereocenters. The first-order valence-electron chi connectivity index (χ1n) is 6.66. The van der Waals surface area contributed by atoms with Crippen molar-refractivity contribution >= 4 is 45.0 Å². The number of hydrogen-bond acceptors (Lipinski definition) is 7. The van der Waals surface area contributed by atoms with Crippen LogP contribution < -0.4 is 4.74 Å². The molecule has 0 saturated heterocycles. The molecule has 3 rings (SSSR count). The van der Waals surface area contributed by atoms with Crippen molar-refractivity contribution in [3.05, 3.63) is 62.6 Å². The maximum absolute atomic E-state index is 11.7. The predicted octanol–water partition coefficient (Wildman–Crippen LogP) is 4.57. The van der Waals surface area contributed by atoms with Gasteiger partial charge in [0.1, 0.15) is 17.4 Å². The highest BCUT2D eigenvalue weighted by Crippen LogP contribution is 2.29. The zero-order valence-corrected chi connectivity index (χ0v) is 13.5. The van der Waals surface area contributed by atoms with Crippen molar-refractivity contribution in [2.24, 2.45) is 0 Å². The summed E-state index contributed by atoms with van der Waals surface area (Å²) in [5.41, 5.74) is 0.636. The van der Waals surface area contributed by atoms with E-state index in [0.29, 0.717) is 10.0 Å². The molecule has 9 heteroatoms. The van der Waals surface area contributed by atoms with Crippen LogP contribution in [0.2, 0.25) is 5.02 Å². The number of carbonyl (C=O) groups is 1. The summed E-state index contributed by atoms with van der Waals surface area (Å²) in [6.07, 6.45) is -0.922. The molecule has 0 amide bonds. The SMILES string of the molecule is O=C(OCc1nc2cccc(Cl)c2s1)Oc1ccc([N+](=O)[O-])cc1. The Balaban J connectivity index is 1.60. The Bertz CT molecular complexity index is 910. The Kier molecular flexibility index (Phi) is 4.59. The van der Waals surface area contributed by atoms with Gasteiger partial charge >= 0.3 is 6.16 Å². The minimum Gasteiger partial charge on any atom is -0.427 e. The number of non-ortho nitro benzene ring substituents is 1. The number of halogens is 1. The molecular formula is C15H9ClN2O5S. The summed E-state index contributed by atoms with van der Waals surface area (Å²) in [5.74, 6) is 0.151. The molecule has 0 aliphatic carbocycles. The number of aromatic nitrogens is 1. The lowest BCUT2D eigenvalue weighted by Crippen LogP contribution is -2.10. The first-order chi connectivity index (χ1) is 11.5. The molecule has 0 fully saturated rings. The highest BCUT2D eigenvalue weighted by Gasteiger charge is 2.12. The zero-order valence-electron chi connectivity index (χ0n) is 12.0. The van der Waals surface area contributed by atoms with Crippen LogP contribution in [-0.2, 0) is 11.3 Å². The number of thiazole rings is 1. The minimum atomic E-state index is -0.922. The molecule has 24 heavy (non-hydrogen) atoms. The average Bonchev–Trinajstić information content (AvgIpc) is 2.98. The van der Waals surface area contributed by atoms with Gasteiger partial charge in [-0.3, -0.25) is 10.1 Å². The number of carbonyl (C=O) groups excluding carboxylic acids is 1. The molecule has 7 nitrogen and oxygen atoms in total. The van der Waals surface area contributed by atoms with Crippen LogP contribution in [0, 0.1) is 10.1 Å². The van der Waals surface area contributed by atoms with Crippen molar-refractivity contribution in [2.75, 3.05) is 0 Å². The quantitative estimate of drug-likeness (QED) is 0.291. The van der Waals surface area contributed by atoms with Gasteiger partial charge in [-0.2, -0.15) is 0 Å². The van der Waals surface area contributed by atoms with Crippen molar-refractivity contribution in [1.82, 2.24) is 4.98 Å². The monoisotopic (exact) mass is 364 g/mol. The Morgan fingerprint density at radius 1 is 1.25 bits per heavy atom. The third-order valence-corrected chi connectivity index (χ3v) is 4.48. The Morgan fingerprint density at radius 3 is 2.67 bits per heavy atom. The second-order valence-corrected chi connectivity index (χ2v) is 6.08. The zero-order chi connectivity index (χ0) is 17.1. The van der Waals surface area contributed by atoms with Crippen molar-refractivity contribution in [2.45, 2.75) is 6.61 Å². The number of benzene rings is 2. The van der Waals surface area contributed by atoms with Crippen LogP contribution in [0.4, 0.5) is 10.5 Å². The summed E-state index contributed by atoms with van der Waals surface area (Å²) in [7, 11) is 0. The average molecular weight is 365 g/mol. The predicted molar refractivity (Wildman–Crippen MR) is 88.5 cm³/mol. The van der Waals surface area contributed by atoms with Gasteiger partial charge in [0.25, 0.3) is 5.69 Å². The van der Waals surface area contributed by atoms with Gasteiger partial charge in [0, 0.05) is 12.1 Å². The summed E-state index contributed by atoms with van der Waals surface area (Å²) in [6.45, 7) is -0.0541. The molecule has 3 aromatic rings. The molecule has 0 spiro atoms. The van der Waals surface area contributed by atoms with Gasteiger partial charge in [0.2, 0.25) is 0 Å². The maximum atomic E-state index is 11.7. The van der Waals surface area contributed by atoms with Gasteiger partial charge in [0.15, 0.2) is 0 Å². The Morgan fingerprint density at radius 2 is 2.00 bits per heavy atom. The number of nitro benzene ring substituents is 1. The van der Waals surface area contributed by atoms with Gasteiger partial charge in [-0.15, -0.1) is 11.3 Å². The molecule has 0 bridgehead atoms. The second-order valence-electron chi connectivity index (χ2n) is 4.59. The normalized spacial score (nSPS) is 10.5. The van der Waals surface area contributed by atoms with Crippen molar-refractivity contribution in [3.63, 3.8) is 0 Å². The topological polar surface area (TPSA) is 91.6 Å². The molecule has 0 saturated carbocycles. The van der Waals surface area contributed by atoms with E-state index in [4.69, 9.17) is 21.1 Å². The number of fused-ring (bicyclic) bond motifs is 1. The molecule has 0 radical (unpaired) electrons. The number of ether oxygens (including phenoxy) is 2. The van der Waals surface area contributed by atoms with Crippen molar-refractivity contribution in [1.29, 1.82) is 0 Å². The van der Waals surface area contributed by atoms with Gasteiger partial charge < -0.3 is 9.47 Å². The van der Waals surface area contributed by atoms with Crippen LogP contribution in [-0.4, -0.2) is 16.1 Å². The number of rotatable bonds is 4. The molecule has 1 heterocycles. The largest absolute Gasteiger partial charge is 0.514 e. The first-order valence-corrected chi connectivity index (χ1v) is 7.85. The number of nitrogens with zero attached hydrogens (tertiary/aromatic N) is 2. The summed E-state index contributed by atoms with van der Waals surface area (Å²) in [4.78, 5) is 26.0. The van der Waals surface area contributed by atoms with E-state index in [1.807, 2.05) is 6.07 Å². The molecule has 0 aliphatic heterocycles. The third-order valence-electron chi connectivity index (χ3n) is 2.97. The van der Waals surface area contributed by atoms with E-state index in [9.17, 15) is 14.9 Å². The van der Waals surface area contributed by atoms with E-state index in [-0.39, 0.29) is 18.0 Å². The smallest absolute Gasteiger partial charge is 0.427 e. The molecule has 122 valence electrons. The molecular weight excluding hydrogens is 356 g/mol. The van der Waals surface area contributed by atoms with Crippen LogP contribution in [0.3, 0.4) is 0 Å². The second kappa shape index (κ2) is 6.81. The fourth-order valence-corrected chi connectivity index (χ4v) is 3.07. The van der Waals surface area contributed by atoms with Crippen LogP contribution in [0.25, 0.3) is 10.2 Å². The van der Waals surface area contributed by atoms with E-state index >= 15 is 0 Å². The fraction of sp³-hybridized carbons (Fsp3) is 0.0667. The lowest BCUT2D eigenvalue weighted by molar-refractivity contribution is -0.384. The lowest BCUT2D eigenvalue weighted by atomic mass is 10.3. The van der Waals surface area contributed by atoms with Crippen LogP contribution >= 0.6 is 22.9 Å². The highest BCUT2D eigenvalue weighted by molar-refractivity contribution is 7.19. The van der Waals surface area contributed by atoms with Crippen LogP contribution in [0.1, 0.15) is 5.01 Å². The van der Waals surface area contributed by atoms with E-state index in [2.05, 4.69) is 4.98 Å². The molecule has 1 aromatic heterocycles. The van der Waals surface area contributed by atoms with Gasteiger partial charge in [0.05, 0.1) is 20.2 Å². The molecule has 2 aromatic carbocycles. The van der Waals surface area contributed by atoms with E-state index < -0.39 is 11.1 Å². The summed E-state index contributed by atoms with van der Waals surface area (Å²) in [5, 5.41) is 11.7. The Labute approximate surface area is 144 Å². The van der Waals surface area contributed by atoms with Gasteiger partial charge in [-0.25, -0.2) is 9.78 Å². The molecule has 0 unspecified atom stereocenters. The van der Waals surface area contributed by atoms with E-state index in [1.165, 1.54) is 35.6 Å². The van der Waals surface area contributed by atoms with E-state index in [0.717, 1.165) is 10.2 Å². The lowest BCUT2D eigenvalue weighted by Gasteiger charge is -2.04. The Hall–Kier alpha value is -2.71. The number of hydrogen-bond donors (Lipinski definition) is 0. The van der Waals surface area contributed by atoms with Crippen LogP contribution in [0.15, 0.2) is 42.5 Å². The van der Waals surface area contributed by atoms with Crippen molar-refractivity contribution < 1.29 is 19.2 Å². The standard InChI is InChI=1S/C15H9ClN2O5S/c16-11-2-1-3-12-14(11)24-13(17-12)8-22-15(19)23-10-6-4-9(5-7-10)18(20)21/h1-7H,8H2. The van der Waals surface area contributed by atoms with Gasteiger partial charge in [-0.05, 0) is 24.3 Å². The maximum Gasteiger partial charge on any atom is 0.514 e. The van der Waals surface area contributed by atoms with Gasteiger partial charge in [-0.1, -0.05) is 17.7 Å². The summed E-state index contributed by atoms with van der Waals surface area (Å²) in [6, 6.07) is 10.5. The molecule has 0 aliphatic rings. The summed E-state index contributed by atoms with van der Waals surface area (Å²) < 4.78 is 10.7.